The van der Waals surface area contributed by atoms with Crippen molar-refractivity contribution < 1.29 is 42.5 Å². The van der Waals surface area contributed by atoms with Gasteiger partial charge < -0.3 is 29.9 Å². The third-order valence-corrected chi connectivity index (χ3v) is 8.70. The number of nitrogens with zero attached hydrogens (tertiary/aromatic N) is 4. The van der Waals surface area contributed by atoms with E-state index in [0.717, 1.165) is 37.2 Å². The first kappa shape index (κ1) is 29.1. The number of carbonyl (C=O) groups is 1. The van der Waals surface area contributed by atoms with Crippen LogP contribution in [0.15, 0.2) is 36.7 Å². The van der Waals surface area contributed by atoms with Crippen LogP contribution < -0.4 is 15.3 Å². The van der Waals surface area contributed by atoms with Crippen LogP contribution in [0, 0.1) is 0 Å². The topological polar surface area (TPSA) is 193 Å². The van der Waals surface area contributed by atoms with Gasteiger partial charge in [0.05, 0.1) is 12.9 Å². The van der Waals surface area contributed by atoms with Gasteiger partial charge in [-0.15, -0.1) is 0 Å². The molecule has 3 aromatic rings. The first-order valence-corrected chi connectivity index (χ1v) is 14.7. The molecule has 1 aliphatic carbocycles. The minimum absolute atomic E-state index is 0.0213. The summed E-state index contributed by atoms with van der Waals surface area (Å²) in [5.74, 6) is -1.22. The Labute approximate surface area is 234 Å². The maximum absolute atomic E-state index is 15.9. The molecule has 2 fully saturated rings. The summed E-state index contributed by atoms with van der Waals surface area (Å²) in [6, 6.07) is 7.06. The van der Waals surface area contributed by atoms with Crippen molar-refractivity contribution in [3.63, 3.8) is 0 Å². The normalized spacial score (nSPS) is 27.1. The van der Waals surface area contributed by atoms with Gasteiger partial charge in [0.15, 0.2) is 23.1 Å². The van der Waals surface area contributed by atoms with Gasteiger partial charge in [-0.25, -0.2) is 13.9 Å². The smallest absolute Gasteiger partial charge is 0.459 e. The molecular weight excluding hydrogens is 562 g/mol. The van der Waals surface area contributed by atoms with Gasteiger partial charge in [0.2, 0.25) is 11.8 Å². The Kier molecular flexibility index (Phi) is 8.17. The second kappa shape index (κ2) is 11.5. The van der Waals surface area contributed by atoms with E-state index in [-0.39, 0.29) is 29.0 Å². The number of carbonyl (C=O) groups excluding carboxylic acids is 1. The van der Waals surface area contributed by atoms with Crippen LogP contribution >= 0.6 is 7.75 Å². The molecule has 1 aliphatic heterocycles. The maximum Gasteiger partial charge on any atom is 0.459 e. The van der Waals surface area contributed by atoms with E-state index >= 15 is 4.39 Å². The van der Waals surface area contributed by atoms with Crippen molar-refractivity contribution >= 4 is 30.8 Å². The van der Waals surface area contributed by atoms with Crippen molar-refractivity contribution in [2.45, 2.75) is 75.8 Å². The van der Waals surface area contributed by atoms with Crippen LogP contribution in [0.25, 0.3) is 11.2 Å². The highest BCUT2D eigenvalue weighted by Crippen LogP contribution is 2.48. The Morgan fingerprint density at radius 1 is 1.32 bits per heavy atom. The lowest BCUT2D eigenvalue weighted by Gasteiger charge is -2.25. The van der Waals surface area contributed by atoms with Gasteiger partial charge in [-0.3, -0.25) is 13.9 Å². The van der Waals surface area contributed by atoms with Crippen LogP contribution in [0.5, 0.6) is 11.6 Å². The van der Waals surface area contributed by atoms with E-state index in [9.17, 15) is 19.6 Å². The molecule has 0 radical (unpaired) electrons. The molecule has 2 aromatic heterocycles. The zero-order valence-corrected chi connectivity index (χ0v) is 23.3. The highest BCUT2D eigenvalue weighted by atomic mass is 31.2. The number of halogens is 1. The SMILES string of the molecule is C[C@H](NP(=O)(OC[C@H]1O[C@@H](n2cnc3c(O)nc(N)nc32)[C@](C)(F)[C@@H]1O)Oc1ccccc1)C(=O)OC1CCCC1. The van der Waals surface area contributed by atoms with Crippen LogP contribution in [0.3, 0.4) is 0 Å². The molecule has 222 valence electrons. The number of aliphatic hydroxyl groups is 1. The largest absolute Gasteiger partial charge is 0.492 e. The number of aromatic nitrogens is 4. The number of rotatable bonds is 10. The van der Waals surface area contributed by atoms with Crippen LogP contribution in [-0.4, -0.2) is 72.3 Å². The first-order valence-electron chi connectivity index (χ1n) is 13.2. The Hall–Kier alpha value is -3.36. The number of alkyl halides is 1. The molecule has 0 amide bonds. The molecule has 0 spiro atoms. The number of nitrogen functional groups attached to an aromatic ring is 1. The van der Waals surface area contributed by atoms with Crippen molar-refractivity contribution in [1.82, 2.24) is 24.6 Å². The molecule has 5 N–H and O–H groups in total. The van der Waals surface area contributed by atoms with Crippen LogP contribution in [0.4, 0.5) is 10.3 Å². The number of para-hydroxylation sites is 1. The molecule has 1 unspecified atom stereocenters. The third-order valence-electron chi connectivity index (χ3n) is 7.06. The number of nitrogens with one attached hydrogen (secondary N) is 1. The average molecular weight is 595 g/mol. The summed E-state index contributed by atoms with van der Waals surface area (Å²) in [6.07, 6.45) is -0.157. The van der Waals surface area contributed by atoms with Crippen LogP contribution in [-0.2, 0) is 23.4 Å². The van der Waals surface area contributed by atoms with Gasteiger partial charge in [0.25, 0.3) is 0 Å². The molecule has 6 atom stereocenters. The molecule has 2 aliphatic rings. The number of nitrogens with two attached hydrogens (primary N) is 1. The van der Waals surface area contributed by atoms with E-state index in [2.05, 4.69) is 20.0 Å². The Bertz CT molecular complexity index is 1440. The molecule has 5 rings (SSSR count). The summed E-state index contributed by atoms with van der Waals surface area (Å²) in [5, 5.41) is 23.5. The van der Waals surface area contributed by atoms with Crippen molar-refractivity contribution in [3.8, 4) is 11.6 Å². The summed E-state index contributed by atoms with van der Waals surface area (Å²) < 4.78 is 53.5. The number of ether oxygens (including phenoxy) is 2. The van der Waals surface area contributed by atoms with Gasteiger partial charge in [-0.2, -0.15) is 15.1 Å². The number of benzene rings is 1. The standard InChI is InChI=1S/C25H32FN6O8P/c1-14(22(35)38-15-8-6-7-9-15)31-41(36,40-16-10-4-3-5-11-16)37-12-17-19(33)25(2,26)23(39-17)32-13-28-18-20(32)29-24(27)30-21(18)34/h3-5,10-11,13-15,17,19,23,33H,6-9,12H2,1-2H3,(H,31,36)(H3,27,29,30,34)/t14-,17+,19+,23+,25+,41?/m0/s1. The van der Waals surface area contributed by atoms with Crippen molar-refractivity contribution in [3.05, 3.63) is 36.7 Å². The summed E-state index contributed by atoms with van der Waals surface area (Å²) in [5.41, 5.74) is 3.15. The second-order valence-electron chi connectivity index (χ2n) is 10.2. The molecule has 1 saturated carbocycles. The van der Waals surface area contributed by atoms with Gasteiger partial charge in [-0.1, -0.05) is 18.2 Å². The molecule has 16 heteroatoms. The lowest BCUT2D eigenvalue weighted by atomic mass is 9.98. The van der Waals surface area contributed by atoms with Crippen LogP contribution in [0.1, 0.15) is 45.8 Å². The zero-order valence-electron chi connectivity index (χ0n) is 22.4. The molecule has 1 aromatic carbocycles. The number of imidazole rings is 1. The molecule has 1 saturated heterocycles. The maximum atomic E-state index is 15.9. The number of hydrogen-bond donors (Lipinski definition) is 4. The van der Waals surface area contributed by atoms with E-state index in [1.165, 1.54) is 13.3 Å². The quantitative estimate of drug-likeness (QED) is 0.198. The number of fused-ring (bicyclic) bond motifs is 1. The van der Waals surface area contributed by atoms with E-state index in [4.69, 9.17) is 24.3 Å². The lowest BCUT2D eigenvalue weighted by Crippen LogP contribution is -2.41. The number of hydrogen-bond acceptors (Lipinski definition) is 12. The number of anilines is 1. The first-order chi connectivity index (χ1) is 19.5. The predicted octanol–water partition coefficient (Wildman–Crippen LogP) is 2.77. The van der Waals surface area contributed by atoms with Crippen molar-refractivity contribution in [2.24, 2.45) is 0 Å². The highest BCUT2D eigenvalue weighted by Gasteiger charge is 2.56. The minimum atomic E-state index is -4.30. The lowest BCUT2D eigenvalue weighted by molar-refractivity contribution is -0.150. The average Bonchev–Trinajstić information content (AvgIpc) is 3.63. The Morgan fingerprint density at radius 2 is 2.02 bits per heavy atom. The summed E-state index contributed by atoms with van der Waals surface area (Å²) in [4.78, 5) is 24.3. The highest BCUT2D eigenvalue weighted by molar-refractivity contribution is 7.52. The number of aliphatic hydroxyl groups excluding tert-OH is 1. The van der Waals surface area contributed by atoms with Crippen LogP contribution in [0.2, 0.25) is 0 Å². The second-order valence-corrected chi connectivity index (χ2v) is 11.9. The van der Waals surface area contributed by atoms with Gasteiger partial charge in [-0.05, 0) is 51.7 Å². The third kappa shape index (κ3) is 6.14. The fourth-order valence-corrected chi connectivity index (χ4v) is 6.39. The van der Waals surface area contributed by atoms with E-state index in [1.807, 2.05) is 0 Å². The number of aromatic hydroxyl groups is 1. The number of esters is 1. The van der Waals surface area contributed by atoms with Crippen molar-refractivity contribution in [1.29, 1.82) is 0 Å². The van der Waals surface area contributed by atoms with Gasteiger partial charge in [0, 0.05) is 0 Å². The molecule has 41 heavy (non-hydrogen) atoms. The summed E-state index contributed by atoms with van der Waals surface area (Å²) in [6.45, 7) is 1.98. The summed E-state index contributed by atoms with van der Waals surface area (Å²) >= 11 is 0. The molecule has 14 nitrogen and oxygen atoms in total. The Balaban J connectivity index is 1.33. The van der Waals surface area contributed by atoms with Gasteiger partial charge in [0.1, 0.15) is 30.1 Å². The fraction of sp³-hybridized carbons (Fsp3) is 0.520. The van der Waals surface area contributed by atoms with E-state index in [0.29, 0.717) is 0 Å². The van der Waals surface area contributed by atoms with Crippen molar-refractivity contribution in [2.75, 3.05) is 12.3 Å². The predicted molar refractivity (Wildman–Crippen MR) is 142 cm³/mol. The molecule has 3 heterocycles. The monoisotopic (exact) mass is 594 g/mol. The van der Waals surface area contributed by atoms with E-state index < -0.39 is 56.3 Å². The Morgan fingerprint density at radius 3 is 2.73 bits per heavy atom. The fourth-order valence-electron chi connectivity index (χ4n) is 4.88. The summed E-state index contributed by atoms with van der Waals surface area (Å²) in [7, 11) is -4.30. The zero-order chi connectivity index (χ0) is 29.4. The van der Waals surface area contributed by atoms with E-state index in [1.54, 1.807) is 30.3 Å². The molecule has 0 bridgehead atoms. The minimum Gasteiger partial charge on any atom is -0.492 e. The van der Waals surface area contributed by atoms with Gasteiger partial charge >= 0.3 is 13.7 Å². The molecular formula is C25H32FN6O8P.